The summed E-state index contributed by atoms with van der Waals surface area (Å²) in [5.74, 6) is -0.157. The van der Waals surface area contributed by atoms with E-state index >= 15 is 0 Å². The van der Waals surface area contributed by atoms with Gasteiger partial charge in [-0.2, -0.15) is 0 Å². The van der Waals surface area contributed by atoms with Crippen molar-refractivity contribution in [1.82, 2.24) is 10.6 Å². The SMILES string of the molecule is Cl.O=C(NCC1(c2ccc(F)cc2)CCOCC1)C1CCCN1. The van der Waals surface area contributed by atoms with Crippen molar-refractivity contribution in [2.24, 2.45) is 0 Å². The molecule has 23 heavy (non-hydrogen) atoms. The van der Waals surface area contributed by atoms with Gasteiger partial charge in [-0.15, -0.1) is 12.4 Å². The zero-order valence-corrected chi connectivity index (χ0v) is 14.0. The Hall–Kier alpha value is -1.17. The Morgan fingerprint density at radius 1 is 1.30 bits per heavy atom. The van der Waals surface area contributed by atoms with E-state index < -0.39 is 0 Å². The predicted octanol–water partition coefficient (Wildman–Crippen LogP) is 2.16. The van der Waals surface area contributed by atoms with Crippen LogP contribution in [-0.2, 0) is 14.9 Å². The smallest absolute Gasteiger partial charge is 0.237 e. The number of ether oxygens (including phenoxy) is 1. The molecular formula is C17H24ClFN2O2. The molecule has 2 fully saturated rings. The molecule has 1 aromatic rings. The van der Waals surface area contributed by atoms with Crippen molar-refractivity contribution in [3.05, 3.63) is 35.6 Å². The number of halogens is 2. The summed E-state index contributed by atoms with van der Waals surface area (Å²) in [7, 11) is 0. The number of benzene rings is 1. The molecule has 0 aliphatic carbocycles. The summed E-state index contributed by atoms with van der Waals surface area (Å²) in [6.07, 6.45) is 3.64. The first-order valence-corrected chi connectivity index (χ1v) is 8.05. The lowest BCUT2D eigenvalue weighted by atomic mass is 9.74. The quantitative estimate of drug-likeness (QED) is 0.881. The van der Waals surface area contributed by atoms with Crippen molar-refractivity contribution >= 4 is 18.3 Å². The Morgan fingerprint density at radius 2 is 2.00 bits per heavy atom. The van der Waals surface area contributed by atoms with Gasteiger partial charge in [0.1, 0.15) is 5.82 Å². The van der Waals surface area contributed by atoms with Crippen LogP contribution in [0.25, 0.3) is 0 Å². The first kappa shape index (κ1) is 18.2. The fourth-order valence-corrected chi connectivity index (χ4v) is 3.42. The van der Waals surface area contributed by atoms with Gasteiger partial charge in [0.2, 0.25) is 5.91 Å². The summed E-state index contributed by atoms with van der Waals surface area (Å²) in [6, 6.07) is 6.59. The van der Waals surface area contributed by atoms with Crippen LogP contribution in [0, 0.1) is 5.82 Å². The Kier molecular flexibility index (Phi) is 6.39. The molecule has 0 aromatic heterocycles. The predicted molar refractivity (Wildman–Crippen MR) is 89.4 cm³/mol. The topological polar surface area (TPSA) is 50.4 Å². The van der Waals surface area contributed by atoms with E-state index in [1.807, 2.05) is 12.1 Å². The number of rotatable bonds is 4. The lowest BCUT2D eigenvalue weighted by Crippen LogP contribution is -2.48. The van der Waals surface area contributed by atoms with Crippen LogP contribution in [0.2, 0.25) is 0 Å². The Morgan fingerprint density at radius 3 is 2.61 bits per heavy atom. The molecule has 2 aliphatic rings. The van der Waals surface area contributed by atoms with Gasteiger partial charge in [-0.3, -0.25) is 4.79 Å². The van der Waals surface area contributed by atoms with Gasteiger partial charge in [-0.1, -0.05) is 12.1 Å². The van der Waals surface area contributed by atoms with Crippen molar-refractivity contribution in [1.29, 1.82) is 0 Å². The molecule has 1 atom stereocenters. The zero-order chi connectivity index (χ0) is 15.4. The van der Waals surface area contributed by atoms with E-state index in [2.05, 4.69) is 10.6 Å². The van der Waals surface area contributed by atoms with Crippen molar-refractivity contribution in [2.45, 2.75) is 37.1 Å². The number of carbonyl (C=O) groups is 1. The molecule has 2 saturated heterocycles. The van der Waals surface area contributed by atoms with Crippen molar-refractivity contribution in [3.63, 3.8) is 0 Å². The highest BCUT2D eigenvalue weighted by Gasteiger charge is 2.35. The molecule has 1 amide bonds. The largest absolute Gasteiger partial charge is 0.381 e. The van der Waals surface area contributed by atoms with Crippen LogP contribution in [0.15, 0.2) is 24.3 Å². The van der Waals surface area contributed by atoms with Crippen LogP contribution in [0.1, 0.15) is 31.2 Å². The van der Waals surface area contributed by atoms with Crippen LogP contribution >= 0.6 is 12.4 Å². The summed E-state index contributed by atoms with van der Waals surface area (Å²) >= 11 is 0. The van der Waals surface area contributed by atoms with E-state index in [-0.39, 0.29) is 35.6 Å². The number of hydrogen-bond acceptors (Lipinski definition) is 3. The van der Waals surface area contributed by atoms with Gasteiger partial charge >= 0.3 is 0 Å². The summed E-state index contributed by atoms with van der Waals surface area (Å²) in [5, 5.41) is 6.32. The highest BCUT2D eigenvalue weighted by molar-refractivity contribution is 5.85. The molecule has 0 saturated carbocycles. The Labute approximate surface area is 142 Å². The second-order valence-electron chi connectivity index (χ2n) is 6.27. The van der Waals surface area contributed by atoms with Crippen LogP contribution in [0.3, 0.4) is 0 Å². The van der Waals surface area contributed by atoms with Gasteiger partial charge < -0.3 is 15.4 Å². The van der Waals surface area contributed by atoms with E-state index in [0.717, 1.165) is 37.8 Å². The lowest BCUT2D eigenvalue weighted by molar-refractivity contribution is -0.123. The molecule has 2 N–H and O–H groups in total. The Balaban J connectivity index is 0.00000192. The number of amides is 1. The van der Waals surface area contributed by atoms with E-state index in [1.54, 1.807) is 0 Å². The molecule has 1 unspecified atom stereocenters. The van der Waals surface area contributed by atoms with Gasteiger partial charge in [0.05, 0.1) is 6.04 Å². The molecular weight excluding hydrogens is 319 g/mol. The molecule has 6 heteroatoms. The van der Waals surface area contributed by atoms with Gasteiger partial charge in [-0.05, 0) is 49.9 Å². The van der Waals surface area contributed by atoms with Crippen LogP contribution in [0.4, 0.5) is 4.39 Å². The molecule has 128 valence electrons. The van der Waals surface area contributed by atoms with Crippen molar-refractivity contribution < 1.29 is 13.9 Å². The van der Waals surface area contributed by atoms with E-state index in [1.165, 1.54) is 12.1 Å². The summed E-state index contributed by atoms with van der Waals surface area (Å²) in [6.45, 7) is 2.85. The van der Waals surface area contributed by atoms with E-state index in [4.69, 9.17) is 4.74 Å². The zero-order valence-electron chi connectivity index (χ0n) is 13.1. The average Bonchev–Trinajstić information content (AvgIpc) is 3.09. The monoisotopic (exact) mass is 342 g/mol. The molecule has 2 heterocycles. The van der Waals surface area contributed by atoms with Gasteiger partial charge in [0, 0.05) is 25.2 Å². The second kappa shape index (κ2) is 8.08. The third kappa shape index (κ3) is 4.22. The first-order chi connectivity index (χ1) is 10.7. The summed E-state index contributed by atoms with van der Waals surface area (Å²) in [4.78, 5) is 12.3. The van der Waals surface area contributed by atoms with E-state index in [0.29, 0.717) is 19.8 Å². The third-order valence-corrected chi connectivity index (χ3v) is 4.88. The highest BCUT2D eigenvalue weighted by Crippen LogP contribution is 2.34. The number of nitrogens with one attached hydrogen (secondary N) is 2. The molecule has 3 rings (SSSR count). The molecule has 0 bridgehead atoms. The minimum Gasteiger partial charge on any atom is -0.381 e. The van der Waals surface area contributed by atoms with Crippen LogP contribution in [-0.4, -0.2) is 38.3 Å². The molecule has 0 spiro atoms. The van der Waals surface area contributed by atoms with Crippen LogP contribution < -0.4 is 10.6 Å². The first-order valence-electron chi connectivity index (χ1n) is 8.05. The van der Waals surface area contributed by atoms with Crippen molar-refractivity contribution in [2.75, 3.05) is 26.3 Å². The summed E-state index contributed by atoms with van der Waals surface area (Å²) in [5.41, 5.74) is 0.928. The average molecular weight is 343 g/mol. The third-order valence-electron chi connectivity index (χ3n) is 4.88. The maximum atomic E-state index is 13.2. The highest BCUT2D eigenvalue weighted by atomic mass is 35.5. The van der Waals surface area contributed by atoms with Gasteiger partial charge in [0.15, 0.2) is 0 Å². The van der Waals surface area contributed by atoms with Crippen LogP contribution in [0.5, 0.6) is 0 Å². The fourth-order valence-electron chi connectivity index (χ4n) is 3.42. The molecule has 1 aromatic carbocycles. The molecule has 4 nitrogen and oxygen atoms in total. The van der Waals surface area contributed by atoms with Gasteiger partial charge in [-0.25, -0.2) is 4.39 Å². The fraction of sp³-hybridized carbons (Fsp3) is 0.588. The van der Waals surface area contributed by atoms with Gasteiger partial charge in [0.25, 0.3) is 0 Å². The van der Waals surface area contributed by atoms with E-state index in [9.17, 15) is 9.18 Å². The number of hydrogen-bond donors (Lipinski definition) is 2. The normalized spacial score (nSPS) is 23.1. The molecule has 2 aliphatic heterocycles. The minimum absolute atomic E-state index is 0. The maximum Gasteiger partial charge on any atom is 0.237 e. The molecule has 0 radical (unpaired) electrons. The van der Waals surface area contributed by atoms with Crippen molar-refractivity contribution in [3.8, 4) is 0 Å². The summed E-state index contributed by atoms with van der Waals surface area (Å²) < 4.78 is 18.7. The Bertz CT molecular complexity index is 512. The maximum absolute atomic E-state index is 13.2. The number of carbonyl (C=O) groups excluding carboxylic acids is 1. The minimum atomic E-state index is -0.231. The lowest BCUT2D eigenvalue weighted by Gasteiger charge is -2.38. The standard InChI is InChI=1S/C17H23FN2O2.ClH/c18-14-5-3-13(4-6-14)17(7-10-22-11-8-17)12-20-16(21)15-2-1-9-19-15;/h3-6,15,19H,1-2,7-12H2,(H,20,21);1H. The second-order valence-corrected chi connectivity index (χ2v) is 6.27.